The van der Waals surface area contributed by atoms with Crippen LogP contribution in [0.2, 0.25) is 0 Å². The molecular weight excluding hydrogens is 539 g/mol. The first kappa shape index (κ1) is 23.4. The van der Waals surface area contributed by atoms with Crippen molar-refractivity contribution in [2.75, 3.05) is 0 Å². The number of hydrogen-bond donors (Lipinski definition) is 1. The smallest absolute Gasteiger partial charge is 0.252 e. The number of amides is 1. The Morgan fingerprint density at radius 2 is 1.82 bits per heavy atom. The summed E-state index contributed by atoms with van der Waals surface area (Å²) in [4.78, 5) is 24.6. The lowest BCUT2D eigenvalue weighted by molar-refractivity contribution is -0.124. The molecule has 1 aliphatic rings. The van der Waals surface area contributed by atoms with Crippen LogP contribution >= 0.6 is 22.6 Å². The number of nitrogens with two attached hydrogens (primary N) is 1. The van der Waals surface area contributed by atoms with Crippen molar-refractivity contribution in [1.82, 2.24) is 0 Å². The Kier molecular flexibility index (Phi) is 7.07. The van der Waals surface area contributed by atoms with Crippen molar-refractivity contribution in [3.63, 3.8) is 0 Å². The molecule has 1 amide bonds. The standard InChI is InChI=1S/C26H22F2INO3/c27-19-12-18(11-17-7-8-20(29)14-22(17)28)25(26(30)32)24(13-19)33-21-6-1-3-15(9-21)10-23(31)16-4-2-5-16/h1,3,6-9,12-14,16H,2,4-5,10-11H2,(H2,30,32). The Bertz CT molecular complexity index is 1220. The molecule has 7 heteroatoms. The molecule has 0 unspecified atom stereocenters. The largest absolute Gasteiger partial charge is 0.456 e. The van der Waals surface area contributed by atoms with Crippen LogP contribution in [0.5, 0.6) is 11.5 Å². The lowest BCUT2D eigenvalue weighted by Gasteiger charge is -2.23. The van der Waals surface area contributed by atoms with Gasteiger partial charge in [0.15, 0.2) is 0 Å². The van der Waals surface area contributed by atoms with Gasteiger partial charge >= 0.3 is 0 Å². The molecule has 4 rings (SSSR count). The van der Waals surface area contributed by atoms with Crippen molar-refractivity contribution in [2.45, 2.75) is 32.1 Å². The van der Waals surface area contributed by atoms with Gasteiger partial charge in [0.1, 0.15) is 28.9 Å². The second-order valence-electron chi connectivity index (χ2n) is 8.24. The van der Waals surface area contributed by atoms with E-state index in [0.29, 0.717) is 17.7 Å². The summed E-state index contributed by atoms with van der Waals surface area (Å²) in [5.41, 5.74) is 6.92. The predicted molar refractivity (Wildman–Crippen MR) is 129 cm³/mol. The van der Waals surface area contributed by atoms with E-state index in [1.165, 1.54) is 6.07 Å². The van der Waals surface area contributed by atoms with Crippen LogP contribution in [0.15, 0.2) is 54.6 Å². The minimum absolute atomic E-state index is 0.00898. The maximum Gasteiger partial charge on any atom is 0.252 e. The Hall–Kier alpha value is -2.81. The summed E-state index contributed by atoms with van der Waals surface area (Å²) in [5, 5.41) is 0. The molecule has 3 aromatic rings. The second-order valence-corrected chi connectivity index (χ2v) is 9.48. The number of benzene rings is 3. The van der Waals surface area contributed by atoms with E-state index in [1.54, 1.807) is 30.3 Å². The molecule has 0 radical (unpaired) electrons. The van der Waals surface area contributed by atoms with Crippen LogP contribution in [0, 0.1) is 21.1 Å². The minimum atomic E-state index is -0.803. The molecular formula is C26H22F2INO3. The van der Waals surface area contributed by atoms with Gasteiger partial charge in [-0.25, -0.2) is 8.78 Å². The first-order chi connectivity index (χ1) is 15.8. The summed E-state index contributed by atoms with van der Waals surface area (Å²) in [6.07, 6.45) is 3.23. The summed E-state index contributed by atoms with van der Waals surface area (Å²) in [6.45, 7) is 0. The third kappa shape index (κ3) is 5.58. The Morgan fingerprint density at radius 1 is 1.03 bits per heavy atom. The minimum Gasteiger partial charge on any atom is -0.456 e. The highest BCUT2D eigenvalue weighted by Gasteiger charge is 2.25. The maximum absolute atomic E-state index is 14.5. The van der Waals surface area contributed by atoms with E-state index in [2.05, 4.69) is 0 Å². The molecule has 4 nitrogen and oxygen atoms in total. The zero-order chi connectivity index (χ0) is 23.5. The Balaban J connectivity index is 1.63. The number of halogens is 3. The van der Waals surface area contributed by atoms with Crippen LogP contribution in [0.25, 0.3) is 0 Å². The van der Waals surface area contributed by atoms with Crippen molar-refractivity contribution < 1.29 is 23.1 Å². The van der Waals surface area contributed by atoms with E-state index in [0.717, 1.165) is 40.5 Å². The lowest BCUT2D eigenvalue weighted by atomic mass is 9.80. The molecule has 1 aliphatic carbocycles. The van der Waals surface area contributed by atoms with Crippen LogP contribution in [-0.2, 0) is 17.6 Å². The SMILES string of the molecule is NC(=O)c1c(Cc2ccc(I)cc2F)cc(F)cc1Oc1cccc(CC(=O)C2CCC2)c1. The summed E-state index contributed by atoms with van der Waals surface area (Å²) >= 11 is 2.00. The summed E-state index contributed by atoms with van der Waals surface area (Å²) < 4.78 is 35.4. The van der Waals surface area contributed by atoms with Crippen LogP contribution in [0.3, 0.4) is 0 Å². The average Bonchev–Trinajstić information content (AvgIpc) is 2.68. The summed E-state index contributed by atoms with van der Waals surface area (Å²) in [7, 11) is 0. The highest BCUT2D eigenvalue weighted by molar-refractivity contribution is 14.1. The first-order valence-electron chi connectivity index (χ1n) is 10.7. The molecule has 2 N–H and O–H groups in total. The number of ketones is 1. The molecule has 0 aliphatic heterocycles. The monoisotopic (exact) mass is 561 g/mol. The predicted octanol–water partition coefficient (Wildman–Crippen LogP) is 5.96. The van der Waals surface area contributed by atoms with E-state index in [1.807, 2.05) is 28.7 Å². The van der Waals surface area contributed by atoms with E-state index in [4.69, 9.17) is 10.5 Å². The van der Waals surface area contributed by atoms with E-state index < -0.39 is 17.5 Å². The zero-order valence-corrected chi connectivity index (χ0v) is 19.9. The first-order valence-corrected chi connectivity index (χ1v) is 11.7. The number of carbonyl (C=O) groups excluding carboxylic acids is 2. The quantitative estimate of drug-likeness (QED) is 0.345. The Morgan fingerprint density at radius 3 is 2.48 bits per heavy atom. The number of primary amides is 1. The van der Waals surface area contributed by atoms with Crippen LogP contribution in [0.1, 0.15) is 46.3 Å². The van der Waals surface area contributed by atoms with Crippen molar-refractivity contribution >= 4 is 34.3 Å². The second kappa shape index (κ2) is 9.99. The van der Waals surface area contributed by atoms with Gasteiger partial charge in [-0.2, -0.15) is 0 Å². The lowest BCUT2D eigenvalue weighted by Crippen LogP contribution is -2.23. The fourth-order valence-electron chi connectivity index (χ4n) is 3.93. The van der Waals surface area contributed by atoms with Gasteiger partial charge in [0.2, 0.25) is 0 Å². The van der Waals surface area contributed by atoms with Crippen LogP contribution in [-0.4, -0.2) is 11.7 Å². The van der Waals surface area contributed by atoms with E-state index >= 15 is 0 Å². The van der Waals surface area contributed by atoms with E-state index in [-0.39, 0.29) is 35.0 Å². The van der Waals surface area contributed by atoms with Gasteiger partial charge in [-0.15, -0.1) is 0 Å². The molecule has 0 spiro atoms. The molecule has 0 bridgehead atoms. The molecule has 1 fully saturated rings. The topological polar surface area (TPSA) is 69.4 Å². The van der Waals surface area contributed by atoms with Gasteiger partial charge in [-0.1, -0.05) is 24.6 Å². The Labute approximate surface area is 204 Å². The van der Waals surface area contributed by atoms with Crippen molar-refractivity contribution in [1.29, 1.82) is 0 Å². The highest BCUT2D eigenvalue weighted by Crippen LogP contribution is 2.32. The summed E-state index contributed by atoms with van der Waals surface area (Å²) in [5.74, 6) is -1.26. The molecule has 33 heavy (non-hydrogen) atoms. The number of carbonyl (C=O) groups is 2. The highest BCUT2D eigenvalue weighted by atomic mass is 127. The fraction of sp³-hybridized carbons (Fsp3) is 0.231. The normalized spacial score (nSPS) is 13.4. The third-order valence-corrected chi connectivity index (χ3v) is 6.53. The fourth-order valence-corrected chi connectivity index (χ4v) is 4.38. The maximum atomic E-state index is 14.5. The molecule has 0 atom stereocenters. The van der Waals surface area contributed by atoms with Gasteiger partial charge in [0, 0.05) is 28.4 Å². The van der Waals surface area contributed by atoms with Crippen LogP contribution < -0.4 is 10.5 Å². The zero-order valence-electron chi connectivity index (χ0n) is 17.7. The van der Waals surface area contributed by atoms with E-state index in [9.17, 15) is 18.4 Å². The van der Waals surface area contributed by atoms with Crippen LogP contribution in [0.4, 0.5) is 8.78 Å². The summed E-state index contributed by atoms with van der Waals surface area (Å²) in [6, 6.07) is 13.9. The van der Waals surface area contributed by atoms with Gasteiger partial charge in [-0.3, -0.25) is 9.59 Å². The van der Waals surface area contributed by atoms with Crippen molar-refractivity contribution in [2.24, 2.45) is 11.7 Å². The van der Waals surface area contributed by atoms with Gasteiger partial charge in [-0.05, 0) is 82.5 Å². The molecule has 1 saturated carbocycles. The number of rotatable bonds is 8. The number of ether oxygens (including phenoxy) is 1. The molecule has 3 aromatic carbocycles. The average molecular weight is 561 g/mol. The van der Waals surface area contributed by atoms with Crippen molar-refractivity contribution in [3.8, 4) is 11.5 Å². The molecule has 0 saturated heterocycles. The number of hydrogen-bond acceptors (Lipinski definition) is 3. The van der Waals surface area contributed by atoms with Gasteiger partial charge < -0.3 is 10.5 Å². The molecule has 0 heterocycles. The number of Topliss-reactive ketones (excluding diaryl/α,β-unsaturated/α-hetero) is 1. The van der Waals surface area contributed by atoms with Crippen molar-refractivity contribution in [3.05, 3.63) is 92.1 Å². The van der Waals surface area contributed by atoms with Gasteiger partial charge in [0.05, 0.1) is 5.56 Å². The van der Waals surface area contributed by atoms with Gasteiger partial charge in [0.25, 0.3) is 5.91 Å². The molecule has 170 valence electrons. The molecule has 0 aromatic heterocycles. The third-order valence-electron chi connectivity index (χ3n) is 5.86.